The fourth-order valence-electron chi connectivity index (χ4n) is 4.32. The van der Waals surface area contributed by atoms with E-state index in [1.807, 2.05) is 0 Å². The molecule has 0 aliphatic carbocycles. The third kappa shape index (κ3) is 3.50. The summed E-state index contributed by atoms with van der Waals surface area (Å²) < 4.78 is 46.3. The Labute approximate surface area is 166 Å². The number of benzene rings is 1. The Bertz CT molecular complexity index is 948. The first-order chi connectivity index (χ1) is 13.8. The molecule has 2 aliphatic rings. The number of esters is 1. The topological polar surface area (TPSA) is 66.5 Å². The zero-order valence-electron chi connectivity index (χ0n) is 16.0. The molecule has 1 fully saturated rings. The number of hydrogen-bond acceptors (Lipinski definition) is 6. The van der Waals surface area contributed by atoms with Gasteiger partial charge in [-0.3, -0.25) is 4.98 Å². The van der Waals surface area contributed by atoms with Crippen LogP contribution in [-0.4, -0.2) is 44.2 Å². The van der Waals surface area contributed by atoms with Gasteiger partial charge in [0, 0.05) is 37.4 Å². The van der Waals surface area contributed by atoms with E-state index in [0.717, 1.165) is 19.0 Å². The summed E-state index contributed by atoms with van der Waals surface area (Å²) in [4.78, 5) is 17.4. The highest BCUT2D eigenvalue weighted by Gasteiger charge is 2.45. The van der Waals surface area contributed by atoms with Gasteiger partial charge in [0.15, 0.2) is 0 Å². The van der Waals surface area contributed by atoms with Gasteiger partial charge in [-0.05, 0) is 36.7 Å². The Morgan fingerprint density at radius 2 is 2.07 bits per heavy atom. The van der Waals surface area contributed by atoms with Crippen molar-refractivity contribution < 1.29 is 22.7 Å². The highest BCUT2D eigenvalue weighted by atomic mass is 19.4. The molecule has 2 aromatic rings. The van der Waals surface area contributed by atoms with Crippen molar-refractivity contribution >= 4 is 23.0 Å². The van der Waals surface area contributed by atoms with Gasteiger partial charge < -0.3 is 20.3 Å². The number of methoxy groups -OCH3 is 1. The number of carbonyl (C=O) groups is 1. The van der Waals surface area contributed by atoms with Gasteiger partial charge >= 0.3 is 12.1 Å². The first-order valence-corrected chi connectivity index (χ1v) is 9.28. The van der Waals surface area contributed by atoms with E-state index in [4.69, 9.17) is 0 Å². The van der Waals surface area contributed by atoms with Crippen LogP contribution in [0.25, 0.3) is 0 Å². The number of nitrogens with one attached hydrogen (secondary N) is 2. The lowest BCUT2D eigenvalue weighted by Crippen LogP contribution is -2.42. The van der Waals surface area contributed by atoms with Crippen LogP contribution in [0.15, 0.2) is 30.6 Å². The summed E-state index contributed by atoms with van der Waals surface area (Å²) in [7, 11) is 2.99. The van der Waals surface area contributed by atoms with Gasteiger partial charge in [0.1, 0.15) is 0 Å². The van der Waals surface area contributed by atoms with E-state index < -0.39 is 17.7 Å². The molecule has 0 unspecified atom stereocenters. The second kappa shape index (κ2) is 7.22. The van der Waals surface area contributed by atoms with E-state index in [1.54, 1.807) is 18.0 Å². The summed E-state index contributed by atoms with van der Waals surface area (Å²) >= 11 is 0. The lowest BCUT2D eigenvalue weighted by molar-refractivity contribution is -0.137. The van der Waals surface area contributed by atoms with Crippen LogP contribution in [0.5, 0.6) is 0 Å². The highest BCUT2D eigenvalue weighted by Crippen LogP contribution is 2.50. The third-order valence-corrected chi connectivity index (χ3v) is 5.59. The second-order valence-corrected chi connectivity index (χ2v) is 7.32. The maximum Gasteiger partial charge on any atom is 0.418 e. The number of anilines is 3. The molecule has 9 heteroatoms. The molecule has 2 atom stereocenters. The van der Waals surface area contributed by atoms with Gasteiger partial charge in [-0.2, -0.15) is 13.2 Å². The number of alkyl halides is 3. The summed E-state index contributed by atoms with van der Waals surface area (Å²) in [5, 5.41) is 6.25. The molecular formula is C20H21F3N4O2. The van der Waals surface area contributed by atoms with Gasteiger partial charge in [0.2, 0.25) is 0 Å². The number of likely N-dealkylation sites (N-methyl/N-ethyl adjacent to an activating group) is 1. The molecule has 0 spiro atoms. The van der Waals surface area contributed by atoms with Crippen molar-refractivity contribution in [1.82, 2.24) is 10.3 Å². The molecule has 6 nitrogen and oxygen atoms in total. The number of fused-ring (bicyclic) bond motifs is 3. The minimum atomic E-state index is -4.48. The molecule has 0 radical (unpaired) electrons. The molecule has 2 N–H and O–H groups in total. The molecule has 1 saturated heterocycles. The number of aromatic nitrogens is 1. The standard InChI is InChI=1S/C20H21F3N4O2/c1-27-17-3-4-24-10-15(17)14-6-12(7-16(18(14)27)20(21,22)23)26-13-5-11(8-25-9-13)19(28)29-2/h5-9,15,17,24,26H,3-4,10H2,1-2H3/t15-,17-/m1/s1. The summed E-state index contributed by atoms with van der Waals surface area (Å²) in [6.07, 6.45) is -0.901. The molecule has 29 heavy (non-hydrogen) atoms. The zero-order valence-corrected chi connectivity index (χ0v) is 16.0. The lowest BCUT2D eigenvalue weighted by atomic mass is 9.89. The number of nitrogens with zero attached hydrogens (tertiary/aromatic N) is 2. The van der Waals surface area contributed by atoms with Crippen LogP contribution in [0.1, 0.15) is 33.8 Å². The summed E-state index contributed by atoms with van der Waals surface area (Å²) in [5.41, 5.74) is 1.20. The summed E-state index contributed by atoms with van der Waals surface area (Å²) in [6, 6.07) is 4.43. The van der Waals surface area contributed by atoms with Crippen molar-refractivity contribution in [2.45, 2.75) is 24.6 Å². The van der Waals surface area contributed by atoms with Gasteiger partial charge in [-0.25, -0.2) is 4.79 Å². The molecule has 0 amide bonds. The van der Waals surface area contributed by atoms with Gasteiger partial charge in [0.05, 0.1) is 35.8 Å². The molecule has 0 bridgehead atoms. The first kappa shape index (κ1) is 19.5. The lowest BCUT2D eigenvalue weighted by Gasteiger charge is -2.31. The average molecular weight is 406 g/mol. The van der Waals surface area contributed by atoms with Crippen LogP contribution in [-0.2, 0) is 10.9 Å². The summed E-state index contributed by atoms with van der Waals surface area (Å²) in [6.45, 7) is 1.43. The number of carbonyl (C=O) groups excluding carboxylic acids is 1. The normalized spacial score (nSPS) is 20.8. The fraction of sp³-hybridized carbons (Fsp3) is 0.400. The minimum absolute atomic E-state index is 0.00821. The first-order valence-electron chi connectivity index (χ1n) is 9.28. The van der Waals surface area contributed by atoms with Crippen LogP contribution in [0.3, 0.4) is 0 Å². The molecule has 0 saturated carbocycles. The largest absolute Gasteiger partial charge is 0.465 e. The Morgan fingerprint density at radius 1 is 1.28 bits per heavy atom. The maximum absolute atomic E-state index is 13.9. The van der Waals surface area contributed by atoms with Crippen LogP contribution in [0, 0.1) is 0 Å². The van der Waals surface area contributed by atoms with Crippen molar-refractivity contribution in [3.8, 4) is 0 Å². The van der Waals surface area contributed by atoms with Crippen LogP contribution in [0.2, 0.25) is 0 Å². The number of halogens is 3. The Balaban J connectivity index is 1.76. The van der Waals surface area contributed by atoms with Crippen molar-refractivity contribution in [3.63, 3.8) is 0 Å². The molecule has 4 rings (SSSR count). The molecule has 1 aromatic heterocycles. The van der Waals surface area contributed by atoms with Crippen molar-refractivity contribution in [3.05, 3.63) is 47.3 Å². The minimum Gasteiger partial charge on any atom is -0.465 e. The quantitative estimate of drug-likeness (QED) is 0.761. The van der Waals surface area contributed by atoms with E-state index >= 15 is 0 Å². The predicted molar refractivity (Wildman–Crippen MR) is 103 cm³/mol. The van der Waals surface area contributed by atoms with Crippen molar-refractivity contribution in [2.24, 2.45) is 0 Å². The fourth-order valence-corrected chi connectivity index (χ4v) is 4.32. The maximum atomic E-state index is 13.9. The molecule has 1 aromatic carbocycles. The van der Waals surface area contributed by atoms with Crippen molar-refractivity contribution in [1.29, 1.82) is 0 Å². The van der Waals surface area contributed by atoms with Crippen LogP contribution >= 0.6 is 0 Å². The zero-order chi connectivity index (χ0) is 20.8. The van der Waals surface area contributed by atoms with Crippen LogP contribution < -0.4 is 15.5 Å². The smallest absolute Gasteiger partial charge is 0.418 e. The molecule has 154 valence electrons. The Kier molecular flexibility index (Phi) is 4.85. The summed E-state index contributed by atoms with van der Waals surface area (Å²) in [5.74, 6) is -0.574. The molecule has 3 heterocycles. The van der Waals surface area contributed by atoms with Gasteiger partial charge in [-0.1, -0.05) is 0 Å². The highest BCUT2D eigenvalue weighted by molar-refractivity contribution is 5.90. The van der Waals surface area contributed by atoms with E-state index in [0.29, 0.717) is 23.5 Å². The van der Waals surface area contributed by atoms with Gasteiger partial charge in [-0.15, -0.1) is 0 Å². The second-order valence-electron chi connectivity index (χ2n) is 7.32. The van der Waals surface area contributed by atoms with Crippen LogP contribution in [0.4, 0.5) is 30.2 Å². The third-order valence-electron chi connectivity index (χ3n) is 5.59. The van der Waals surface area contributed by atoms with E-state index in [9.17, 15) is 18.0 Å². The van der Waals surface area contributed by atoms with E-state index in [-0.39, 0.29) is 23.2 Å². The van der Waals surface area contributed by atoms with Gasteiger partial charge in [0.25, 0.3) is 0 Å². The van der Waals surface area contributed by atoms with E-state index in [1.165, 1.54) is 25.6 Å². The average Bonchev–Trinajstić information content (AvgIpc) is 2.99. The number of pyridine rings is 1. The number of rotatable bonds is 3. The SMILES string of the molecule is COC(=O)c1cncc(Nc2cc3c(c(C(F)(F)F)c2)N(C)[C@@H]2CCNC[C@H]32)c1. The number of piperidine rings is 1. The molecule has 2 aliphatic heterocycles. The van der Waals surface area contributed by atoms with E-state index in [2.05, 4.69) is 20.4 Å². The number of hydrogen-bond donors (Lipinski definition) is 2. The Hall–Kier alpha value is -2.81. The monoisotopic (exact) mass is 406 g/mol. The van der Waals surface area contributed by atoms with Crippen molar-refractivity contribution in [2.75, 3.05) is 37.5 Å². The Morgan fingerprint density at radius 3 is 2.79 bits per heavy atom. The predicted octanol–water partition coefficient (Wildman–Crippen LogP) is 3.53. The number of ether oxygens (including phenoxy) is 1. The molecular weight excluding hydrogens is 385 g/mol.